The summed E-state index contributed by atoms with van der Waals surface area (Å²) < 4.78 is 80.8. The van der Waals surface area contributed by atoms with Crippen molar-refractivity contribution in [2.45, 2.75) is 131 Å². The van der Waals surface area contributed by atoms with Crippen molar-refractivity contribution in [3.63, 3.8) is 0 Å². The number of carbonyl (C=O) groups is 1. The second kappa shape index (κ2) is 37.4. The molecule has 0 bridgehead atoms. The van der Waals surface area contributed by atoms with Crippen molar-refractivity contribution < 1.29 is 35.2 Å². The van der Waals surface area contributed by atoms with Gasteiger partial charge in [-0.1, -0.05) is 53.1 Å². The monoisotopic (exact) mass is 1710 g/mol. The third kappa shape index (κ3) is 21.7. The first kappa shape index (κ1) is 84.1. The molecule has 7 aliphatic rings. The van der Waals surface area contributed by atoms with Gasteiger partial charge in [-0.25, -0.2) is 59.4 Å². The Morgan fingerprint density at radius 3 is 1.06 bits per heavy atom. The number of phenolic OH excluding ortho intramolecular Hbond substituents is 1. The number of aryl methyl sites for hydroxylation is 7. The summed E-state index contributed by atoms with van der Waals surface area (Å²) in [5.74, 6) is 6.64. The molecule has 4 aromatic heterocycles. The van der Waals surface area contributed by atoms with E-state index in [2.05, 4.69) is 166 Å². The van der Waals surface area contributed by atoms with Gasteiger partial charge in [0.25, 0.3) is 5.91 Å². The van der Waals surface area contributed by atoms with Gasteiger partial charge in [-0.05, 0) is 310 Å². The van der Waals surface area contributed by atoms with Crippen molar-refractivity contribution in [3.8, 4) is 5.75 Å². The molecule has 19 rings (SSSR count). The summed E-state index contributed by atoms with van der Waals surface area (Å²) in [4.78, 5) is 57.9. The van der Waals surface area contributed by atoms with Gasteiger partial charge in [0.15, 0.2) is 0 Å². The second-order valence-corrected chi connectivity index (χ2v) is 37.3. The zero-order valence-electron chi connectivity index (χ0n) is 69.1. The van der Waals surface area contributed by atoms with E-state index >= 15 is 0 Å². The minimum absolute atomic E-state index is 0.0179. The summed E-state index contributed by atoms with van der Waals surface area (Å²) in [6.07, 6.45) is 21.8. The summed E-state index contributed by atoms with van der Waals surface area (Å²) in [5, 5.41) is 25.5. The molecule has 4 aliphatic heterocycles. The van der Waals surface area contributed by atoms with Gasteiger partial charge in [0.2, 0.25) is 53.9 Å². The molecule has 0 saturated heterocycles. The Balaban J connectivity index is 0.000000122. The Labute approximate surface area is 718 Å². The van der Waals surface area contributed by atoms with Gasteiger partial charge in [0, 0.05) is 121 Å². The van der Waals surface area contributed by atoms with Crippen LogP contribution in [-0.4, -0.2) is 128 Å². The highest BCUT2D eigenvalue weighted by molar-refractivity contribution is 7.90. The van der Waals surface area contributed by atoms with Gasteiger partial charge in [-0.15, -0.1) is 0 Å². The second-order valence-electron chi connectivity index (χ2n) is 31.9. The van der Waals surface area contributed by atoms with Crippen LogP contribution in [0.4, 0.5) is 92.6 Å². The van der Waals surface area contributed by atoms with E-state index in [-0.39, 0.29) is 32.4 Å². The van der Waals surface area contributed by atoms with Crippen molar-refractivity contribution in [3.05, 3.63) is 263 Å². The first-order valence-corrected chi connectivity index (χ1v) is 46.3. The van der Waals surface area contributed by atoms with Crippen LogP contribution in [0.3, 0.4) is 0 Å². The predicted molar refractivity (Wildman–Crippen MR) is 483 cm³/mol. The molecule has 0 radical (unpaired) electrons. The normalized spacial score (nSPS) is 15.3. The third-order valence-electron chi connectivity index (χ3n) is 22.3. The van der Waals surface area contributed by atoms with Gasteiger partial charge in [0.05, 0.1) is 14.7 Å². The Morgan fingerprint density at radius 2 is 0.707 bits per heavy atom. The summed E-state index contributed by atoms with van der Waals surface area (Å²) >= 11 is 0. The van der Waals surface area contributed by atoms with E-state index in [1.807, 2.05) is 54.6 Å². The number of hydrogen-bond acceptors (Lipinski definition) is 24. The first-order valence-electron chi connectivity index (χ1n) is 41.8. The number of fused-ring (bicyclic) bond motifs is 4. The predicted octanol–water partition coefficient (Wildman–Crippen LogP) is 16.0. The molecule has 123 heavy (non-hydrogen) atoms. The number of aromatic nitrogens is 8. The van der Waals surface area contributed by atoms with E-state index in [4.69, 9.17) is 9.97 Å². The number of aromatic hydroxyl groups is 1. The standard InChI is InChI=1S/C25H27N5O.C23H25N5O3S.C23H25N5O2S.C21H23N5O2S/c1-17-4-11-22-20(15-17)3-2-14-30(22)23-12-13-26-25(29-23)28-21-9-7-19(8-10-21)24(31)27-16-18-5-6-18;29-19-7-10-21-17(14-19)2-1-13-28(21)22-11-12-24-23(27-22)26-18-5-8-20(9-6-18)32(30,31)25-15-16-3-4-16;1-16-4-11-21-17(15-16)3-2-14-28(21)22-12-13-24-23(26-22)25-18-7-9-20(10-8-18)31(29,30)27-19-5-6-19;1-15-5-10-19-16(14-15)4-3-13-26(19)20-11-12-23-21(25-20)24-17-6-8-18(9-7-17)29(27,28)22-2/h4,7-13,15,18H,2-3,5-6,14,16H2,1H3,(H,27,31)(H,26,28,29);5-12,14,16,25,29H,1-4,13,15H2,(H,24,26,27);4,7-13,15,19,27H,2-3,5-6,14H2,1H3,(H,24,25,26);5-12,14,22H,3-4,13H2,1-2H3,(H,23,24,25). The van der Waals surface area contributed by atoms with Crippen LogP contribution in [0, 0.1) is 32.6 Å². The molecular weight excluding hydrogens is 1610 g/mol. The SMILES string of the molecule is CNS(=O)(=O)c1ccc(Nc2nccc(N3CCCc4cc(C)ccc43)n2)cc1.Cc1ccc2c(c1)CCCN2c1ccnc(Nc2ccc(C(=O)NCC3CC3)cc2)n1.Cc1ccc2c(c1)CCCN2c1ccnc(Nc2ccc(S(=O)(=O)NC3CC3)cc2)n1.O=S(=O)(NCC1CC1)c1ccc(Nc2nccc(N3CCCc4cc(O)ccc43)n2)cc1. The van der Waals surface area contributed by atoms with E-state index in [1.54, 1.807) is 110 Å². The van der Waals surface area contributed by atoms with E-state index < -0.39 is 30.1 Å². The van der Waals surface area contributed by atoms with Crippen LogP contribution in [0.2, 0.25) is 0 Å². The number of carbonyl (C=O) groups excluding carboxylic acids is 1. The molecule has 12 aromatic rings. The number of anilines is 16. The van der Waals surface area contributed by atoms with Gasteiger partial charge < -0.3 is 51.3 Å². The zero-order chi connectivity index (χ0) is 85.2. The Hall–Kier alpha value is -12.5. The van der Waals surface area contributed by atoms with Gasteiger partial charge in [-0.3, -0.25) is 4.79 Å². The highest BCUT2D eigenvalue weighted by Gasteiger charge is 2.30. The van der Waals surface area contributed by atoms with Crippen LogP contribution in [0.15, 0.2) is 234 Å². The highest BCUT2D eigenvalue weighted by Crippen LogP contribution is 2.40. The van der Waals surface area contributed by atoms with Crippen molar-refractivity contribution in [1.29, 1.82) is 0 Å². The number of nitrogens with zero attached hydrogens (tertiary/aromatic N) is 12. The van der Waals surface area contributed by atoms with Crippen LogP contribution in [-0.2, 0) is 55.8 Å². The summed E-state index contributed by atoms with van der Waals surface area (Å²) in [6.45, 7) is 11.2. The van der Waals surface area contributed by atoms with Crippen LogP contribution in [0.5, 0.6) is 5.75 Å². The van der Waals surface area contributed by atoms with E-state index in [0.717, 1.165) is 156 Å². The third-order valence-corrected chi connectivity index (χ3v) is 26.7. The van der Waals surface area contributed by atoms with Crippen molar-refractivity contribution in [1.82, 2.24) is 59.4 Å². The number of sulfonamides is 3. The topological polar surface area (TPSA) is 352 Å². The molecule has 9 N–H and O–H groups in total. The fraction of sp³-hybridized carbons (Fsp3) is 0.293. The average Bonchev–Trinajstić information content (AvgIpc) is 1.62. The number of rotatable bonds is 24. The fourth-order valence-electron chi connectivity index (χ4n) is 15.2. The quantitative estimate of drug-likeness (QED) is 0.0271. The van der Waals surface area contributed by atoms with E-state index in [0.29, 0.717) is 59.1 Å². The maximum atomic E-state index is 12.4. The molecule has 8 heterocycles. The van der Waals surface area contributed by atoms with Crippen LogP contribution in [0.25, 0.3) is 0 Å². The summed E-state index contributed by atoms with van der Waals surface area (Å²) in [5.41, 5.74) is 17.3. The molecule has 8 aromatic carbocycles. The Morgan fingerprint density at radius 1 is 0.382 bits per heavy atom. The smallest absolute Gasteiger partial charge is 0.251 e. The molecule has 3 saturated carbocycles. The molecule has 0 atom stereocenters. The molecule has 1 amide bonds. The lowest BCUT2D eigenvalue weighted by Crippen LogP contribution is -2.25. The number of nitrogens with one attached hydrogen (secondary N) is 8. The molecule has 634 valence electrons. The summed E-state index contributed by atoms with van der Waals surface area (Å²) in [7, 11) is -9.01. The largest absolute Gasteiger partial charge is 0.508 e. The number of benzene rings is 8. The molecule has 3 fully saturated rings. The number of amides is 1. The summed E-state index contributed by atoms with van der Waals surface area (Å²) in [6, 6.07) is 59.9. The maximum absolute atomic E-state index is 12.4. The van der Waals surface area contributed by atoms with Crippen molar-refractivity contribution >= 4 is 129 Å². The molecule has 0 spiro atoms. The van der Waals surface area contributed by atoms with Gasteiger partial charge in [-0.2, -0.15) is 19.9 Å². The lowest BCUT2D eigenvalue weighted by Gasteiger charge is -2.30. The molecular formula is C92H100N20O8S3. The van der Waals surface area contributed by atoms with Gasteiger partial charge >= 0.3 is 0 Å². The van der Waals surface area contributed by atoms with E-state index in [1.165, 1.54) is 70.3 Å². The van der Waals surface area contributed by atoms with Crippen LogP contribution < -0.4 is 60.3 Å². The molecule has 28 nitrogen and oxygen atoms in total. The molecule has 3 aliphatic carbocycles. The van der Waals surface area contributed by atoms with Gasteiger partial charge in [0.1, 0.15) is 29.0 Å². The minimum atomic E-state index is -3.49. The Kier molecular flexibility index (Phi) is 25.6. The zero-order valence-corrected chi connectivity index (χ0v) is 71.5. The fourth-order valence-corrected chi connectivity index (χ4v) is 18.4. The molecule has 0 unspecified atom stereocenters. The van der Waals surface area contributed by atoms with Crippen LogP contribution >= 0.6 is 0 Å². The van der Waals surface area contributed by atoms with Crippen LogP contribution in [0.1, 0.15) is 114 Å². The number of hydrogen-bond donors (Lipinski definition) is 9. The molecule has 31 heteroatoms. The van der Waals surface area contributed by atoms with Crippen molar-refractivity contribution in [2.75, 3.05) is 87.2 Å². The first-order chi connectivity index (χ1) is 59.6. The van der Waals surface area contributed by atoms with Crippen molar-refractivity contribution in [2.24, 2.45) is 11.8 Å². The maximum Gasteiger partial charge on any atom is 0.251 e. The lowest BCUT2D eigenvalue weighted by molar-refractivity contribution is 0.0951. The number of phenols is 1. The Bertz CT molecular complexity index is 6150. The average molecular weight is 1710 g/mol. The highest BCUT2D eigenvalue weighted by atomic mass is 32.2. The lowest BCUT2D eigenvalue weighted by atomic mass is 9.99. The van der Waals surface area contributed by atoms with E-state index in [9.17, 15) is 35.2 Å². The minimum Gasteiger partial charge on any atom is -0.508 e.